The molecule has 3 N–H and O–H groups in total. The van der Waals surface area contributed by atoms with Crippen LogP contribution in [0.15, 0.2) is 36.4 Å². The molecule has 1 spiro atoms. The molecule has 6 rings (SSSR count). The highest BCUT2D eigenvalue weighted by Crippen LogP contribution is 2.50. The van der Waals surface area contributed by atoms with Crippen molar-refractivity contribution in [1.29, 1.82) is 0 Å². The Morgan fingerprint density at radius 3 is 2.77 bits per heavy atom. The Balaban J connectivity index is 1.40. The van der Waals surface area contributed by atoms with Gasteiger partial charge in [-0.25, -0.2) is 0 Å². The second kappa shape index (κ2) is 7.54. The molecule has 2 saturated heterocycles. The lowest BCUT2D eigenvalue weighted by Crippen LogP contribution is -2.99. The van der Waals surface area contributed by atoms with Gasteiger partial charge in [-0.15, -0.1) is 0 Å². The van der Waals surface area contributed by atoms with Gasteiger partial charge in [-0.05, 0) is 36.6 Å². The molecule has 4 aliphatic heterocycles. The average molecular weight is 477 g/mol. The molecule has 10 heteroatoms. The maximum Gasteiger partial charge on any atom is 0.291 e. The zero-order chi connectivity index (χ0) is 24.5. The Bertz CT molecular complexity index is 1310. The summed E-state index contributed by atoms with van der Waals surface area (Å²) in [6, 6.07) is 10.1. The molecule has 2 aromatic carbocycles. The number of carboxylic acid groups (broad SMARTS) is 1. The predicted octanol–water partition coefficient (Wildman–Crippen LogP) is -0.852. The first kappa shape index (κ1) is 21.6. The first-order chi connectivity index (χ1) is 16.8. The van der Waals surface area contributed by atoms with Crippen molar-refractivity contribution in [2.45, 2.75) is 37.9 Å². The van der Waals surface area contributed by atoms with Gasteiger partial charge < -0.3 is 30.0 Å². The minimum atomic E-state index is -1.33. The molecular weight excluding hydrogens is 454 g/mol. The number of aryl methyl sites for hydroxylation is 1. The molecule has 4 heterocycles. The van der Waals surface area contributed by atoms with Crippen LogP contribution >= 0.6 is 0 Å². The number of aliphatic carboxylic acids is 1. The number of likely N-dealkylation sites (tertiary alicyclic amines) is 1. The fourth-order valence-corrected chi connectivity index (χ4v) is 6.12. The van der Waals surface area contributed by atoms with Crippen LogP contribution in [0.5, 0.6) is 11.5 Å². The van der Waals surface area contributed by atoms with E-state index in [4.69, 9.17) is 9.47 Å². The number of nitrogens with one attached hydrogen (secondary N) is 1. The SMILES string of the molecule is Cc1cccc2c1NC(=O)[C@@]21[NH2+][C@H](CCC(=O)[O-])[C@H]2C(=O)N(Cc3ccc4c(c3)OCO4)C(=O)[C@H]21. The van der Waals surface area contributed by atoms with Crippen molar-refractivity contribution in [1.82, 2.24) is 4.90 Å². The van der Waals surface area contributed by atoms with Gasteiger partial charge in [0.15, 0.2) is 11.5 Å². The lowest BCUT2D eigenvalue weighted by atomic mass is 9.76. The molecule has 10 nitrogen and oxygen atoms in total. The number of carboxylic acids is 1. The summed E-state index contributed by atoms with van der Waals surface area (Å²) in [5, 5.41) is 15.9. The van der Waals surface area contributed by atoms with Gasteiger partial charge in [-0.3, -0.25) is 19.3 Å². The topological polar surface area (TPSA) is 142 Å². The van der Waals surface area contributed by atoms with Crippen LogP contribution in [-0.2, 0) is 31.3 Å². The quantitative estimate of drug-likeness (QED) is 0.534. The number of nitrogens with two attached hydrogens (primary N) is 1. The predicted molar refractivity (Wildman–Crippen MR) is 117 cm³/mol. The molecule has 4 atom stereocenters. The Morgan fingerprint density at radius 2 is 1.97 bits per heavy atom. The molecule has 0 radical (unpaired) electrons. The van der Waals surface area contributed by atoms with E-state index >= 15 is 0 Å². The highest BCUT2D eigenvalue weighted by molar-refractivity contribution is 6.14. The molecule has 2 fully saturated rings. The fraction of sp³-hybridized carbons (Fsp3) is 0.360. The summed E-state index contributed by atoms with van der Waals surface area (Å²) >= 11 is 0. The van der Waals surface area contributed by atoms with Crippen molar-refractivity contribution in [2.75, 3.05) is 12.1 Å². The number of carbonyl (C=O) groups excluding carboxylic acids is 4. The Kier molecular flexibility index (Phi) is 4.65. The monoisotopic (exact) mass is 477 g/mol. The van der Waals surface area contributed by atoms with E-state index in [9.17, 15) is 24.3 Å². The van der Waals surface area contributed by atoms with E-state index in [0.29, 0.717) is 28.3 Å². The standard InChI is InChI=1S/C25H23N3O7/c1-12-3-2-4-14-21(12)26-24(33)25(14)20-19(15(27-25)6-8-18(29)30)22(31)28(23(20)32)10-13-5-7-16-17(9-13)35-11-34-16/h2-5,7,9,15,19-20,27H,6,8,10-11H2,1H3,(H,26,33)(H,29,30)/t15-,19-,20+,25-/m1/s1. The molecule has 0 unspecified atom stereocenters. The number of hydrogen-bond donors (Lipinski definition) is 2. The zero-order valence-electron chi connectivity index (χ0n) is 18.9. The Morgan fingerprint density at radius 1 is 1.17 bits per heavy atom. The number of fused-ring (bicyclic) bond motifs is 5. The molecule has 0 aliphatic carbocycles. The van der Waals surface area contributed by atoms with Gasteiger partial charge >= 0.3 is 0 Å². The number of anilines is 1. The average Bonchev–Trinajstić information content (AvgIpc) is 3.55. The van der Waals surface area contributed by atoms with Crippen molar-refractivity contribution < 1.29 is 39.1 Å². The van der Waals surface area contributed by atoms with Gasteiger partial charge in [0.25, 0.3) is 5.91 Å². The number of hydrogen-bond acceptors (Lipinski definition) is 7. The summed E-state index contributed by atoms with van der Waals surface area (Å²) in [5.74, 6) is -3.08. The number of imide groups is 1. The van der Waals surface area contributed by atoms with Crippen LogP contribution in [0, 0.1) is 18.8 Å². The summed E-state index contributed by atoms with van der Waals surface area (Å²) in [6.07, 6.45) is -0.164. The van der Waals surface area contributed by atoms with Gasteiger partial charge in [0.05, 0.1) is 12.2 Å². The van der Waals surface area contributed by atoms with E-state index in [-0.39, 0.29) is 32.1 Å². The molecule has 4 aliphatic rings. The third-order valence-corrected chi connectivity index (χ3v) is 7.66. The number of benzene rings is 2. The maximum atomic E-state index is 13.8. The lowest BCUT2D eigenvalue weighted by Gasteiger charge is -2.26. The number of carbonyl (C=O) groups is 4. The largest absolute Gasteiger partial charge is 0.550 e. The summed E-state index contributed by atoms with van der Waals surface area (Å²) in [5.41, 5.74) is 1.50. The number of rotatable bonds is 5. The Hall–Kier alpha value is -3.92. The molecule has 0 aromatic heterocycles. The van der Waals surface area contributed by atoms with Crippen LogP contribution in [0.3, 0.4) is 0 Å². The molecule has 35 heavy (non-hydrogen) atoms. The van der Waals surface area contributed by atoms with Crippen molar-refractivity contribution in [3.8, 4) is 11.5 Å². The highest BCUT2D eigenvalue weighted by atomic mass is 16.7. The number of para-hydroxylation sites is 1. The zero-order valence-corrected chi connectivity index (χ0v) is 18.9. The molecule has 2 aromatic rings. The van der Waals surface area contributed by atoms with Crippen LogP contribution in [0.1, 0.15) is 29.5 Å². The van der Waals surface area contributed by atoms with E-state index < -0.39 is 41.2 Å². The number of nitrogens with zero attached hydrogens (tertiary/aromatic N) is 1. The van der Waals surface area contributed by atoms with E-state index in [0.717, 1.165) is 5.56 Å². The van der Waals surface area contributed by atoms with E-state index in [1.54, 1.807) is 29.6 Å². The number of ether oxygens (including phenoxy) is 2. The van der Waals surface area contributed by atoms with Gasteiger partial charge in [-0.1, -0.05) is 24.3 Å². The van der Waals surface area contributed by atoms with Crippen molar-refractivity contribution in [3.05, 3.63) is 53.1 Å². The lowest BCUT2D eigenvalue weighted by molar-refractivity contribution is -0.734. The number of quaternary nitrogens is 1. The van der Waals surface area contributed by atoms with E-state index in [1.165, 1.54) is 4.90 Å². The fourth-order valence-electron chi connectivity index (χ4n) is 6.12. The first-order valence-corrected chi connectivity index (χ1v) is 11.5. The van der Waals surface area contributed by atoms with Crippen LogP contribution < -0.4 is 25.2 Å². The van der Waals surface area contributed by atoms with Gasteiger partial charge in [0.2, 0.25) is 24.1 Å². The molecule has 180 valence electrons. The van der Waals surface area contributed by atoms with Crippen molar-refractivity contribution in [3.63, 3.8) is 0 Å². The van der Waals surface area contributed by atoms with Gasteiger partial charge in [-0.2, -0.15) is 0 Å². The van der Waals surface area contributed by atoms with E-state index in [1.807, 2.05) is 19.1 Å². The maximum absolute atomic E-state index is 13.8. The Labute approximate surface area is 200 Å². The minimum Gasteiger partial charge on any atom is -0.550 e. The van der Waals surface area contributed by atoms with Gasteiger partial charge in [0.1, 0.15) is 17.9 Å². The third-order valence-electron chi connectivity index (χ3n) is 7.66. The molecule has 3 amide bonds. The second-order valence-electron chi connectivity index (χ2n) is 9.52. The van der Waals surface area contributed by atoms with Crippen molar-refractivity contribution in [2.24, 2.45) is 11.8 Å². The summed E-state index contributed by atoms with van der Waals surface area (Å²) < 4.78 is 10.7. The summed E-state index contributed by atoms with van der Waals surface area (Å²) in [6.45, 7) is 2.00. The van der Waals surface area contributed by atoms with Gasteiger partial charge in [0, 0.05) is 18.0 Å². The minimum absolute atomic E-state index is 0.0207. The summed E-state index contributed by atoms with van der Waals surface area (Å²) in [4.78, 5) is 53.4. The highest BCUT2D eigenvalue weighted by Gasteiger charge is 2.74. The molecule has 0 bridgehead atoms. The second-order valence-corrected chi connectivity index (χ2v) is 9.52. The smallest absolute Gasteiger partial charge is 0.291 e. The van der Waals surface area contributed by atoms with Crippen LogP contribution in [0.4, 0.5) is 5.69 Å². The first-order valence-electron chi connectivity index (χ1n) is 11.5. The van der Waals surface area contributed by atoms with Crippen molar-refractivity contribution >= 4 is 29.4 Å². The van der Waals surface area contributed by atoms with Crippen LogP contribution in [0.25, 0.3) is 0 Å². The number of amides is 3. The van der Waals surface area contributed by atoms with Crippen LogP contribution in [0.2, 0.25) is 0 Å². The van der Waals surface area contributed by atoms with Crippen LogP contribution in [-0.4, -0.2) is 41.4 Å². The van der Waals surface area contributed by atoms with E-state index in [2.05, 4.69) is 5.32 Å². The molecule has 0 saturated carbocycles. The third kappa shape index (κ3) is 2.99. The molecular formula is C25H23N3O7. The summed E-state index contributed by atoms with van der Waals surface area (Å²) in [7, 11) is 0. The normalized spacial score (nSPS) is 28.0.